The minimum Gasteiger partial charge on any atom is -0.354 e. The second-order valence-corrected chi connectivity index (χ2v) is 3.35. The van der Waals surface area contributed by atoms with Gasteiger partial charge in [0.2, 0.25) is 11.9 Å². The SMILES string of the molecule is c1cnc(NCCCNc2ncccn2)nc1. The molecule has 0 fully saturated rings. The van der Waals surface area contributed by atoms with Crippen LogP contribution in [0.4, 0.5) is 11.9 Å². The molecule has 0 saturated heterocycles. The van der Waals surface area contributed by atoms with E-state index in [1.807, 2.05) is 0 Å². The van der Waals surface area contributed by atoms with Crippen molar-refractivity contribution in [2.24, 2.45) is 0 Å². The Morgan fingerprint density at radius 1 is 0.706 bits per heavy atom. The van der Waals surface area contributed by atoms with E-state index in [0.717, 1.165) is 19.5 Å². The molecule has 2 heterocycles. The molecule has 0 amide bonds. The van der Waals surface area contributed by atoms with Crippen LogP contribution in [-0.2, 0) is 0 Å². The van der Waals surface area contributed by atoms with E-state index in [1.165, 1.54) is 0 Å². The quantitative estimate of drug-likeness (QED) is 0.726. The summed E-state index contributed by atoms with van der Waals surface area (Å²) in [5.74, 6) is 1.31. The van der Waals surface area contributed by atoms with Crippen LogP contribution in [0.25, 0.3) is 0 Å². The highest BCUT2D eigenvalue weighted by atomic mass is 15.1. The standard InChI is InChI=1S/C11H14N6/c1-4-12-10(13-5-1)16-8-3-9-17-11-14-6-2-7-15-11/h1-2,4-7H,3,8-9H2,(H,12,13,16)(H,14,15,17). The van der Waals surface area contributed by atoms with Gasteiger partial charge in [-0.2, -0.15) is 0 Å². The first-order valence-electron chi connectivity index (χ1n) is 5.47. The lowest BCUT2D eigenvalue weighted by Gasteiger charge is -2.05. The normalized spacial score (nSPS) is 9.88. The first kappa shape index (κ1) is 11.3. The third kappa shape index (κ3) is 4.02. The highest BCUT2D eigenvalue weighted by molar-refractivity contribution is 5.23. The molecule has 0 unspecified atom stereocenters. The second-order valence-electron chi connectivity index (χ2n) is 3.35. The van der Waals surface area contributed by atoms with Crippen molar-refractivity contribution in [3.63, 3.8) is 0 Å². The third-order valence-corrected chi connectivity index (χ3v) is 2.05. The molecule has 0 spiro atoms. The van der Waals surface area contributed by atoms with Crippen molar-refractivity contribution in [2.45, 2.75) is 6.42 Å². The van der Waals surface area contributed by atoms with Gasteiger partial charge in [-0.15, -0.1) is 0 Å². The van der Waals surface area contributed by atoms with Crippen molar-refractivity contribution in [1.82, 2.24) is 19.9 Å². The van der Waals surface area contributed by atoms with Crippen LogP contribution in [0.3, 0.4) is 0 Å². The van der Waals surface area contributed by atoms with Gasteiger partial charge >= 0.3 is 0 Å². The van der Waals surface area contributed by atoms with E-state index in [4.69, 9.17) is 0 Å². The predicted octanol–water partition coefficient (Wildman–Crippen LogP) is 1.18. The first-order chi connectivity index (χ1) is 8.45. The summed E-state index contributed by atoms with van der Waals surface area (Å²) >= 11 is 0. The van der Waals surface area contributed by atoms with Crippen molar-refractivity contribution in [3.05, 3.63) is 36.9 Å². The molecule has 2 N–H and O–H groups in total. The minimum absolute atomic E-state index is 0.656. The summed E-state index contributed by atoms with van der Waals surface area (Å²) < 4.78 is 0. The highest BCUT2D eigenvalue weighted by Crippen LogP contribution is 1.96. The Labute approximate surface area is 99.6 Å². The van der Waals surface area contributed by atoms with Crippen LogP contribution in [0.1, 0.15) is 6.42 Å². The third-order valence-electron chi connectivity index (χ3n) is 2.05. The molecule has 0 aliphatic carbocycles. The summed E-state index contributed by atoms with van der Waals surface area (Å²) in [4.78, 5) is 16.3. The largest absolute Gasteiger partial charge is 0.354 e. The fourth-order valence-corrected chi connectivity index (χ4v) is 1.27. The molecule has 0 aliphatic rings. The topological polar surface area (TPSA) is 75.6 Å². The van der Waals surface area contributed by atoms with Gasteiger partial charge in [-0.25, -0.2) is 19.9 Å². The van der Waals surface area contributed by atoms with E-state index < -0.39 is 0 Å². The van der Waals surface area contributed by atoms with Crippen molar-refractivity contribution >= 4 is 11.9 Å². The highest BCUT2D eigenvalue weighted by Gasteiger charge is 1.94. The summed E-state index contributed by atoms with van der Waals surface area (Å²) in [6.07, 6.45) is 7.80. The summed E-state index contributed by atoms with van der Waals surface area (Å²) in [7, 11) is 0. The molecule has 0 bridgehead atoms. The molecule has 88 valence electrons. The summed E-state index contributed by atoms with van der Waals surface area (Å²) in [5, 5.41) is 6.26. The number of hydrogen-bond acceptors (Lipinski definition) is 6. The molecular formula is C11H14N6. The zero-order chi connectivity index (χ0) is 11.8. The van der Waals surface area contributed by atoms with E-state index in [-0.39, 0.29) is 0 Å². The van der Waals surface area contributed by atoms with Gasteiger partial charge in [0.15, 0.2) is 0 Å². The fourth-order valence-electron chi connectivity index (χ4n) is 1.27. The Bertz CT molecular complexity index is 377. The Balaban J connectivity index is 1.61. The van der Waals surface area contributed by atoms with Gasteiger partial charge in [-0.05, 0) is 18.6 Å². The zero-order valence-electron chi connectivity index (χ0n) is 9.37. The molecule has 2 aromatic rings. The predicted molar refractivity (Wildman–Crippen MR) is 65.7 cm³/mol. The molecular weight excluding hydrogens is 216 g/mol. The molecule has 0 aliphatic heterocycles. The summed E-state index contributed by atoms with van der Waals surface area (Å²) in [5.41, 5.74) is 0. The van der Waals surface area contributed by atoms with Gasteiger partial charge in [0.05, 0.1) is 0 Å². The Hall–Kier alpha value is -2.24. The fraction of sp³-hybridized carbons (Fsp3) is 0.273. The zero-order valence-corrected chi connectivity index (χ0v) is 9.37. The Morgan fingerprint density at radius 2 is 1.12 bits per heavy atom. The number of aromatic nitrogens is 4. The van der Waals surface area contributed by atoms with Crippen LogP contribution in [0, 0.1) is 0 Å². The van der Waals surface area contributed by atoms with E-state index >= 15 is 0 Å². The number of anilines is 2. The van der Waals surface area contributed by atoms with Crippen LogP contribution in [0.2, 0.25) is 0 Å². The van der Waals surface area contributed by atoms with Crippen LogP contribution < -0.4 is 10.6 Å². The van der Waals surface area contributed by atoms with Crippen molar-refractivity contribution in [3.8, 4) is 0 Å². The molecule has 2 aromatic heterocycles. The van der Waals surface area contributed by atoms with Crippen LogP contribution in [0.5, 0.6) is 0 Å². The van der Waals surface area contributed by atoms with Crippen molar-refractivity contribution < 1.29 is 0 Å². The Morgan fingerprint density at radius 3 is 1.53 bits per heavy atom. The van der Waals surface area contributed by atoms with E-state index in [2.05, 4.69) is 30.6 Å². The Kier molecular flexibility index (Phi) is 4.21. The lowest BCUT2D eigenvalue weighted by atomic mass is 10.4. The lowest BCUT2D eigenvalue weighted by molar-refractivity contribution is 0.883. The monoisotopic (exact) mass is 230 g/mol. The molecule has 6 heteroatoms. The molecule has 0 saturated carbocycles. The molecule has 17 heavy (non-hydrogen) atoms. The van der Waals surface area contributed by atoms with E-state index in [9.17, 15) is 0 Å². The molecule has 0 aromatic carbocycles. The maximum atomic E-state index is 4.07. The van der Waals surface area contributed by atoms with Gasteiger partial charge in [-0.3, -0.25) is 0 Å². The van der Waals surface area contributed by atoms with E-state index in [1.54, 1.807) is 36.9 Å². The number of hydrogen-bond donors (Lipinski definition) is 2. The van der Waals surface area contributed by atoms with E-state index in [0.29, 0.717) is 11.9 Å². The first-order valence-corrected chi connectivity index (χ1v) is 5.47. The number of rotatable bonds is 6. The van der Waals surface area contributed by atoms with Gasteiger partial charge in [0.25, 0.3) is 0 Å². The molecule has 0 atom stereocenters. The molecule has 6 nitrogen and oxygen atoms in total. The maximum absolute atomic E-state index is 4.07. The van der Waals surface area contributed by atoms with Gasteiger partial charge in [0.1, 0.15) is 0 Å². The molecule has 0 radical (unpaired) electrons. The van der Waals surface area contributed by atoms with Crippen LogP contribution in [-0.4, -0.2) is 33.0 Å². The van der Waals surface area contributed by atoms with Gasteiger partial charge in [-0.1, -0.05) is 0 Å². The maximum Gasteiger partial charge on any atom is 0.222 e. The smallest absolute Gasteiger partial charge is 0.222 e. The van der Waals surface area contributed by atoms with Crippen molar-refractivity contribution in [1.29, 1.82) is 0 Å². The molecule has 2 rings (SSSR count). The van der Waals surface area contributed by atoms with Gasteiger partial charge < -0.3 is 10.6 Å². The van der Waals surface area contributed by atoms with Gasteiger partial charge in [0, 0.05) is 37.9 Å². The number of nitrogens with zero attached hydrogens (tertiary/aromatic N) is 4. The minimum atomic E-state index is 0.656. The number of nitrogens with one attached hydrogen (secondary N) is 2. The summed E-state index contributed by atoms with van der Waals surface area (Å²) in [6.45, 7) is 1.62. The average Bonchev–Trinajstić information content (AvgIpc) is 2.41. The average molecular weight is 230 g/mol. The van der Waals surface area contributed by atoms with Crippen molar-refractivity contribution in [2.75, 3.05) is 23.7 Å². The van der Waals surface area contributed by atoms with Crippen LogP contribution >= 0.6 is 0 Å². The second kappa shape index (κ2) is 6.37. The van der Waals surface area contributed by atoms with Crippen LogP contribution in [0.15, 0.2) is 36.9 Å². The lowest BCUT2D eigenvalue weighted by Crippen LogP contribution is -2.11. The summed E-state index contributed by atoms with van der Waals surface area (Å²) in [6, 6.07) is 3.58.